The highest BCUT2D eigenvalue weighted by Crippen LogP contribution is 2.32. The number of ether oxygens (including phenoxy) is 1. The van der Waals surface area contributed by atoms with E-state index in [4.69, 9.17) is 9.26 Å². The SMILES string of the molecule is CCOC(c1noc(CC(C)(C(=O)O)C(C)C)n1)C(C)C. The van der Waals surface area contributed by atoms with Gasteiger partial charge in [0.25, 0.3) is 0 Å². The van der Waals surface area contributed by atoms with E-state index in [2.05, 4.69) is 10.1 Å². The van der Waals surface area contributed by atoms with Gasteiger partial charge in [0.05, 0.1) is 5.41 Å². The minimum Gasteiger partial charge on any atom is -0.481 e. The zero-order chi connectivity index (χ0) is 16.2. The Labute approximate surface area is 125 Å². The third-order valence-corrected chi connectivity index (χ3v) is 3.97. The summed E-state index contributed by atoms with van der Waals surface area (Å²) in [6, 6.07) is 0. The summed E-state index contributed by atoms with van der Waals surface area (Å²) in [5.41, 5.74) is -0.928. The van der Waals surface area contributed by atoms with Crippen LogP contribution in [0.2, 0.25) is 0 Å². The molecule has 0 aromatic carbocycles. The number of nitrogens with zero attached hydrogens (tertiary/aromatic N) is 2. The Hall–Kier alpha value is -1.43. The van der Waals surface area contributed by atoms with E-state index in [1.807, 2.05) is 34.6 Å². The van der Waals surface area contributed by atoms with Crippen molar-refractivity contribution in [2.45, 2.75) is 54.1 Å². The van der Waals surface area contributed by atoms with E-state index in [1.165, 1.54) is 0 Å². The number of carbonyl (C=O) groups is 1. The van der Waals surface area contributed by atoms with Gasteiger partial charge in [0, 0.05) is 13.0 Å². The van der Waals surface area contributed by atoms with Crippen LogP contribution in [0, 0.1) is 17.3 Å². The summed E-state index contributed by atoms with van der Waals surface area (Å²) >= 11 is 0. The first-order chi connectivity index (χ1) is 9.72. The number of rotatable bonds is 8. The molecule has 0 radical (unpaired) electrons. The van der Waals surface area contributed by atoms with Crippen molar-refractivity contribution in [3.8, 4) is 0 Å². The summed E-state index contributed by atoms with van der Waals surface area (Å²) in [6.45, 7) is 12.0. The summed E-state index contributed by atoms with van der Waals surface area (Å²) in [6.07, 6.45) is -0.0214. The van der Waals surface area contributed by atoms with Gasteiger partial charge >= 0.3 is 5.97 Å². The molecule has 0 saturated carbocycles. The molecule has 1 heterocycles. The van der Waals surface area contributed by atoms with Crippen molar-refractivity contribution < 1.29 is 19.2 Å². The van der Waals surface area contributed by atoms with Gasteiger partial charge in [-0.25, -0.2) is 0 Å². The second-order valence-corrected chi connectivity index (χ2v) is 6.22. The van der Waals surface area contributed by atoms with Gasteiger partial charge in [-0.05, 0) is 25.7 Å². The number of carboxylic acids is 1. The Balaban J connectivity index is 2.95. The van der Waals surface area contributed by atoms with Gasteiger partial charge in [-0.15, -0.1) is 0 Å². The maximum Gasteiger partial charge on any atom is 0.310 e. The number of aromatic nitrogens is 2. The molecular formula is C15H26N2O4. The summed E-state index contributed by atoms with van der Waals surface area (Å²) in [4.78, 5) is 15.8. The van der Waals surface area contributed by atoms with Crippen LogP contribution >= 0.6 is 0 Å². The quantitative estimate of drug-likeness (QED) is 0.793. The van der Waals surface area contributed by atoms with Crippen LogP contribution in [0.15, 0.2) is 4.52 Å². The van der Waals surface area contributed by atoms with E-state index < -0.39 is 11.4 Å². The lowest BCUT2D eigenvalue weighted by atomic mass is 9.76. The molecule has 0 bridgehead atoms. The van der Waals surface area contributed by atoms with Crippen LogP contribution in [0.5, 0.6) is 0 Å². The van der Waals surface area contributed by atoms with Gasteiger partial charge in [-0.2, -0.15) is 4.98 Å². The van der Waals surface area contributed by atoms with Crippen molar-refractivity contribution in [3.05, 3.63) is 11.7 Å². The molecule has 0 aliphatic rings. The van der Waals surface area contributed by atoms with Crippen LogP contribution in [0.4, 0.5) is 0 Å². The highest BCUT2D eigenvalue weighted by Gasteiger charge is 2.39. The molecule has 6 heteroatoms. The molecule has 2 unspecified atom stereocenters. The number of aliphatic carboxylic acids is 1. The van der Waals surface area contributed by atoms with E-state index in [-0.39, 0.29) is 24.4 Å². The van der Waals surface area contributed by atoms with E-state index >= 15 is 0 Å². The van der Waals surface area contributed by atoms with E-state index in [1.54, 1.807) is 6.92 Å². The molecule has 6 nitrogen and oxygen atoms in total. The maximum absolute atomic E-state index is 11.5. The third-order valence-electron chi connectivity index (χ3n) is 3.97. The van der Waals surface area contributed by atoms with E-state index in [0.29, 0.717) is 18.3 Å². The lowest BCUT2D eigenvalue weighted by Gasteiger charge is -2.27. The number of carboxylic acid groups (broad SMARTS) is 1. The molecule has 0 amide bonds. The van der Waals surface area contributed by atoms with Gasteiger partial charge in [-0.3, -0.25) is 4.79 Å². The summed E-state index contributed by atoms with van der Waals surface area (Å²) in [7, 11) is 0. The summed E-state index contributed by atoms with van der Waals surface area (Å²) in [5, 5.41) is 13.4. The van der Waals surface area contributed by atoms with Crippen LogP contribution in [-0.4, -0.2) is 27.8 Å². The molecule has 1 rings (SSSR count). The standard InChI is InChI=1S/C15H26N2O4/c1-7-20-12(9(2)3)13-16-11(21-17-13)8-15(6,10(4)5)14(18)19/h9-10,12H,7-8H2,1-6H3,(H,18,19). The molecule has 0 saturated heterocycles. The molecule has 1 aromatic heterocycles. The van der Waals surface area contributed by atoms with Crippen LogP contribution in [0.3, 0.4) is 0 Å². The summed E-state index contributed by atoms with van der Waals surface area (Å²) in [5.74, 6) is 0.138. The van der Waals surface area contributed by atoms with Gasteiger partial charge in [0.15, 0.2) is 0 Å². The molecule has 120 valence electrons. The Bertz CT molecular complexity index is 470. The topological polar surface area (TPSA) is 85.5 Å². The smallest absolute Gasteiger partial charge is 0.310 e. The first-order valence-corrected chi connectivity index (χ1v) is 7.39. The zero-order valence-electron chi connectivity index (χ0n) is 13.7. The van der Waals surface area contributed by atoms with Gasteiger partial charge in [0.2, 0.25) is 11.7 Å². The lowest BCUT2D eigenvalue weighted by Crippen LogP contribution is -2.35. The van der Waals surface area contributed by atoms with Crippen molar-refractivity contribution in [3.63, 3.8) is 0 Å². The second-order valence-electron chi connectivity index (χ2n) is 6.22. The Morgan fingerprint density at radius 3 is 2.43 bits per heavy atom. The number of hydrogen-bond acceptors (Lipinski definition) is 5. The first kappa shape index (κ1) is 17.6. The minimum absolute atomic E-state index is 0.0434. The molecule has 1 aromatic rings. The van der Waals surface area contributed by atoms with E-state index in [0.717, 1.165) is 0 Å². The molecule has 0 aliphatic heterocycles. The first-order valence-electron chi connectivity index (χ1n) is 7.39. The molecule has 21 heavy (non-hydrogen) atoms. The average Bonchev–Trinajstić information content (AvgIpc) is 2.82. The van der Waals surface area contributed by atoms with Crippen LogP contribution in [0.1, 0.15) is 59.4 Å². The van der Waals surface area contributed by atoms with Crippen LogP contribution in [0.25, 0.3) is 0 Å². The largest absolute Gasteiger partial charge is 0.481 e. The Morgan fingerprint density at radius 1 is 1.38 bits per heavy atom. The average molecular weight is 298 g/mol. The van der Waals surface area contributed by atoms with Crippen molar-refractivity contribution in [1.82, 2.24) is 10.1 Å². The van der Waals surface area contributed by atoms with Gasteiger partial charge in [0.1, 0.15) is 6.10 Å². The zero-order valence-corrected chi connectivity index (χ0v) is 13.7. The van der Waals surface area contributed by atoms with E-state index in [9.17, 15) is 9.90 Å². The normalized spacial score (nSPS) is 16.2. The molecule has 0 fully saturated rings. The highest BCUT2D eigenvalue weighted by atomic mass is 16.5. The minimum atomic E-state index is -0.928. The van der Waals surface area contributed by atoms with Gasteiger partial charge < -0.3 is 14.4 Å². The fourth-order valence-corrected chi connectivity index (χ4v) is 2.04. The predicted octanol–water partition coefficient (Wildman–Crippen LogP) is 3.09. The maximum atomic E-state index is 11.5. The fraction of sp³-hybridized carbons (Fsp3) is 0.800. The van der Waals surface area contributed by atoms with Crippen molar-refractivity contribution in [2.24, 2.45) is 17.3 Å². The van der Waals surface area contributed by atoms with Crippen LogP contribution in [-0.2, 0) is 16.0 Å². The van der Waals surface area contributed by atoms with Crippen molar-refractivity contribution in [1.29, 1.82) is 0 Å². The molecule has 0 spiro atoms. The summed E-state index contributed by atoms with van der Waals surface area (Å²) < 4.78 is 10.9. The predicted molar refractivity (Wildman–Crippen MR) is 77.8 cm³/mol. The third kappa shape index (κ3) is 4.03. The molecule has 1 N–H and O–H groups in total. The fourth-order valence-electron chi connectivity index (χ4n) is 2.04. The lowest BCUT2D eigenvalue weighted by molar-refractivity contribution is -0.150. The number of hydrogen-bond donors (Lipinski definition) is 1. The molecule has 2 atom stereocenters. The Morgan fingerprint density at radius 2 is 2.00 bits per heavy atom. The Kier molecular flexibility index (Phi) is 5.89. The monoisotopic (exact) mass is 298 g/mol. The van der Waals surface area contributed by atoms with Crippen LogP contribution < -0.4 is 0 Å². The van der Waals surface area contributed by atoms with Crippen molar-refractivity contribution >= 4 is 5.97 Å². The molecule has 0 aliphatic carbocycles. The van der Waals surface area contributed by atoms with Gasteiger partial charge in [-0.1, -0.05) is 32.9 Å². The highest BCUT2D eigenvalue weighted by molar-refractivity contribution is 5.74. The second kappa shape index (κ2) is 7.02. The molecular weight excluding hydrogens is 272 g/mol. The van der Waals surface area contributed by atoms with Crippen molar-refractivity contribution in [2.75, 3.05) is 6.61 Å².